The molecule has 3 heteroatoms. The number of rotatable bonds is 5. The molecule has 0 aromatic heterocycles. The van der Waals surface area contributed by atoms with Crippen LogP contribution in [0.15, 0.2) is 12.1 Å². The molecule has 0 saturated heterocycles. The molecular weight excluding hydrogens is 246 g/mol. The molecule has 0 atom stereocenters. The van der Waals surface area contributed by atoms with Gasteiger partial charge in [0.15, 0.2) is 0 Å². The van der Waals surface area contributed by atoms with Crippen LogP contribution < -0.4 is 10.1 Å². The van der Waals surface area contributed by atoms with E-state index in [4.69, 9.17) is 16.3 Å². The lowest BCUT2D eigenvalue weighted by Gasteiger charge is -2.28. The highest BCUT2D eigenvalue weighted by Crippen LogP contribution is 2.33. The summed E-state index contributed by atoms with van der Waals surface area (Å²) < 4.78 is 6.15. The maximum atomic E-state index is 6.19. The third-order valence-electron chi connectivity index (χ3n) is 2.90. The molecule has 0 heterocycles. The van der Waals surface area contributed by atoms with Crippen molar-refractivity contribution in [1.82, 2.24) is 5.32 Å². The number of halogens is 1. The van der Waals surface area contributed by atoms with Gasteiger partial charge in [-0.25, -0.2) is 0 Å². The van der Waals surface area contributed by atoms with Gasteiger partial charge in [-0.3, -0.25) is 0 Å². The molecule has 1 aromatic carbocycles. The molecule has 0 aliphatic rings. The fourth-order valence-electron chi connectivity index (χ4n) is 1.97. The molecule has 0 aliphatic heterocycles. The minimum atomic E-state index is -0.237. The van der Waals surface area contributed by atoms with Gasteiger partial charge in [-0.2, -0.15) is 0 Å². The largest absolute Gasteiger partial charge is 0.486 e. The maximum absolute atomic E-state index is 6.19. The summed E-state index contributed by atoms with van der Waals surface area (Å²) >= 11 is 6.19. The molecule has 0 spiro atoms. The predicted molar refractivity (Wildman–Crippen MR) is 78.9 cm³/mol. The molecule has 18 heavy (non-hydrogen) atoms. The molecule has 0 unspecified atom stereocenters. The first kappa shape index (κ1) is 15.3. The van der Waals surface area contributed by atoms with Crippen molar-refractivity contribution >= 4 is 11.6 Å². The van der Waals surface area contributed by atoms with E-state index in [2.05, 4.69) is 33.0 Å². The van der Waals surface area contributed by atoms with Gasteiger partial charge >= 0.3 is 0 Å². The summed E-state index contributed by atoms with van der Waals surface area (Å²) in [6, 6.07) is 4.06. The second kappa shape index (κ2) is 5.94. The van der Waals surface area contributed by atoms with Gasteiger partial charge in [0.25, 0.3) is 0 Å². The molecule has 1 rings (SSSR count). The lowest BCUT2D eigenvalue weighted by atomic mass is 10.00. The predicted octanol–water partition coefficient (Wildman–Crippen LogP) is 4.15. The smallest absolute Gasteiger partial charge is 0.124 e. The zero-order valence-corrected chi connectivity index (χ0v) is 13.0. The van der Waals surface area contributed by atoms with Crippen LogP contribution in [-0.4, -0.2) is 19.2 Å². The summed E-state index contributed by atoms with van der Waals surface area (Å²) in [5.74, 6) is 1.33. The summed E-state index contributed by atoms with van der Waals surface area (Å²) in [6.45, 7) is 11.3. The van der Waals surface area contributed by atoms with Crippen molar-refractivity contribution in [2.24, 2.45) is 0 Å². The zero-order chi connectivity index (χ0) is 13.9. The topological polar surface area (TPSA) is 21.3 Å². The van der Waals surface area contributed by atoms with E-state index in [0.29, 0.717) is 5.92 Å². The number of benzene rings is 1. The second-order valence-corrected chi connectivity index (χ2v) is 6.09. The number of aryl methyl sites for hydroxylation is 1. The average Bonchev–Trinajstić information content (AvgIpc) is 2.22. The van der Waals surface area contributed by atoms with Gasteiger partial charge in [0.2, 0.25) is 0 Å². The molecule has 0 fully saturated rings. The average molecular weight is 270 g/mol. The van der Waals surface area contributed by atoms with Gasteiger partial charge in [0, 0.05) is 11.6 Å². The normalized spacial score (nSPS) is 12.0. The Labute approximate surface area is 116 Å². The SMILES string of the molecule is CNCC(C)(C)Oc1cc(C)c(Cl)cc1C(C)C. The molecule has 0 aliphatic carbocycles. The van der Waals surface area contributed by atoms with Crippen molar-refractivity contribution in [2.75, 3.05) is 13.6 Å². The summed E-state index contributed by atoms with van der Waals surface area (Å²) in [7, 11) is 1.93. The molecule has 0 radical (unpaired) electrons. The van der Waals surface area contributed by atoms with Gasteiger partial charge < -0.3 is 10.1 Å². The summed E-state index contributed by atoms with van der Waals surface area (Å²) in [5, 5.41) is 3.96. The number of hydrogen-bond acceptors (Lipinski definition) is 2. The zero-order valence-electron chi connectivity index (χ0n) is 12.2. The molecule has 102 valence electrons. The molecule has 1 N–H and O–H groups in total. The third kappa shape index (κ3) is 3.89. The Bertz CT molecular complexity index is 413. The highest BCUT2D eigenvalue weighted by atomic mass is 35.5. The fourth-order valence-corrected chi connectivity index (χ4v) is 2.14. The molecule has 0 amide bonds. The molecule has 0 bridgehead atoms. The Kier molecular flexibility index (Phi) is 5.06. The van der Waals surface area contributed by atoms with Gasteiger partial charge in [-0.05, 0) is 57.0 Å². The van der Waals surface area contributed by atoms with Crippen LogP contribution in [0.25, 0.3) is 0 Å². The highest BCUT2D eigenvalue weighted by molar-refractivity contribution is 6.31. The van der Waals surface area contributed by atoms with Crippen LogP contribution in [0.3, 0.4) is 0 Å². The standard InChI is InChI=1S/C15H24ClNO/c1-10(2)12-8-13(16)11(3)7-14(12)18-15(4,5)9-17-6/h7-8,10,17H,9H2,1-6H3. The maximum Gasteiger partial charge on any atom is 0.124 e. The highest BCUT2D eigenvalue weighted by Gasteiger charge is 2.21. The monoisotopic (exact) mass is 269 g/mol. The molecule has 2 nitrogen and oxygen atoms in total. The Hall–Kier alpha value is -0.730. The van der Waals surface area contributed by atoms with Gasteiger partial charge in [0.1, 0.15) is 11.4 Å². The summed E-state index contributed by atoms with van der Waals surface area (Å²) in [4.78, 5) is 0. The fraction of sp³-hybridized carbons (Fsp3) is 0.600. The van der Waals surface area contributed by atoms with Crippen LogP contribution in [0.5, 0.6) is 5.75 Å². The summed E-state index contributed by atoms with van der Waals surface area (Å²) in [5.41, 5.74) is 1.98. The Morgan fingerprint density at radius 1 is 1.33 bits per heavy atom. The molecule has 1 aromatic rings. The van der Waals surface area contributed by atoms with Crippen LogP contribution in [0.4, 0.5) is 0 Å². The van der Waals surface area contributed by atoms with Gasteiger partial charge in [-0.1, -0.05) is 25.4 Å². The van der Waals surface area contributed by atoms with Crippen molar-refractivity contribution in [3.05, 3.63) is 28.3 Å². The van der Waals surface area contributed by atoms with Crippen LogP contribution >= 0.6 is 11.6 Å². The Balaban J connectivity index is 3.11. The van der Waals surface area contributed by atoms with E-state index in [0.717, 1.165) is 28.4 Å². The minimum Gasteiger partial charge on any atom is -0.486 e. The number of hydrogen-bond donors (Lipinski definition) is 1. The van der Waals surface area contributed by atoms with E-state index < -0.39 is 0 Å². The number of nitrogens with one attached hydrogen (secondary N) is 1. The third-order valence-corrected chi connectivity index (χ3v) is 3.31. The van der Waals surface area contributed by atoms with Crippen LogP contribution in [0, 0.1) is 6.92 Å². The quantitative estimate of drug-likeness (QED) is 0.867. The van der Waals surface area contributed by atoms with Crippen molar-refractivity contribution in [3.63, 3.8) is 0 Å². The van der Waals surface area contributed by atoms with Crippen LogP contribution in [-0.2, 0) is 0 Å². The Morgan fingerprint density at radius 3 is 2.44 bits per heavy atom. The van der Waals surface area contributed by atoms with E-state index in [1.165, 1.54) is 0 Å². The van der Waals surface area contributed by atoms with Crippen molar-refractivity contribution in [2.45, 2.75) is 46.1 Å². The van der Waals surface area contributed by atoms with Crippen LogP contribution in [0.2, 0.25) is 5.02 Å². The molecular formula is C15H24ClNO. The van der Waals surface area contributed by atoms with Gasteiger partial charge in [-0.15, -0.1) is 0 Å². The van der Waals surface area contributed by atoms with Crippen molar-refractivity contribution in [3.8, 4) is 5.75 Å². The first-order valence-corrected chi connectivity index (χ1v) is 6.78. The van der Waals surface area contributed by atoms with Crippen LogP contribution in [0.1, 0.15) is 44.7 Å². The first-order chi connectivity index (χ1) is 8.26. The van der Waals surface area contributed by atoms with E-state index in [-0.39, 0.29) is 5.60 Å². The van der Waals surface area contributed by atoms with Gasteiger partial charge in [0.05, 0.1) is 0 Å². The minimum absolute atomic E-state index is 0.237. The van der Waals surface area contributed by atoms with E-state index in [1.807, 2.05) is 26.1 Å². The first-order valence-electron chi connectivity index (χ1n) is 6.40. The second-order valence-electron chi connectivity index (χ2n) is 5.69. The number of ether oxygens (including phenoxy) is 1. The number of likely N-dealkylation sites (N-methyl/N-ethyl adjacent to an activating group) is 1. The lowest BCUT2D eigenvalue weighted by Crippen LogP contribution is -2.39. The van der Waals surface area contributed by atoms with Crippen molar-refractivity contribution < 1.29 is 4.74 Å². The lowest BCUT2D eigenvalue weighted by molar-refractivity contribution is 0.109. The molecule has 0 saturated carbocycles. The Morgan fingerprint density at radius 2 is 1.94 bits per heavy atom. The van der Waals surface area contributed by atoms with Crippen molar-refractivity contribution in [1.29, 1.82) is 0 Å². The van der Waals surface area contributed by atoms with E-state index >= 15 is 0 Å². The summed E-state index contributed by atoms with van der Waals surface area (Å²) in [6.07, 6.45) is 0. The van der Waals surface area contributed by atoms with E-state index in [1.54, 1.807) is 0 Å². The van der Waals surface area contributed by atoms with E-state index in [9.17, 15) is 0 Å².